The smallest absolute Gasteiger partial charge is 0.119 e. The van der Waals surface area contributed by atoms with Crippen LogP contribution < -0.4 is 0 Å². The molecule has 9 rings (SSSR count). The first-order chi connectivity index (χ1) is 26.9. The van der Waals surface area contributed by atoms with Crippen LogP contribution in [0, 0.1) is 0 Å². The Labute approximate surface area is 317 Å². The molecule has 0 fully saturated rings. The molecule has 0 aromatic heterocycles. The minimum absolute atomic E-state index is 0.197. The summed E-state index contributed by atoms with van der Waals surface area (Å²) < 4.78 is 0. The quantitative estimate of drug-likeness (QED) is 0.106. The molecule has 5 aliphatic heterocycles. The second kappa shape index (κ2) is 12.8. The number of benzene rings is 4. The van der Waals surface area contributed by atoms with Gasteiger partial charge in [0.05, 0.1) is 45.6 Å². The molecule has 0 radical (unpaired) electrons. The first-order valence-electron chi connectivity index (χ1n) is 17.1. The summed E-state index contributed by atoms with van der Waals surface area (Å²) in [6.45, 7) is 0. The van der Waals surface area contributed by atoms with Crippen LogP contribution in [-0.4, -0.2) is 63.7 Å². The number of aliphatic imine (C=N–C) groups is 4. The lowest BCUT2D eigenvalue weighted by Gasteiger charge is -2.13. The monoisotopic (exact) mass is 740 g/mol. The summed E-state index contributed by atoms with van der Waals surface area (Å²) in [4.78, 5) is 20.1. The van der Waals surface area contributed by atoms with Crippen molar-refractivity contribution in [1.29, 1.82) is 0 Å². The molecule has 5 aliphatic rings. The van der Waals surface area contributed by atoms with Gasteiger partial charge in [-0.2, -0.15) is 0 Å². The normalized spacial score (nSPS) is 17.0. The number of phenols is 8. The Morgan fingerprint density at radius 3 is 0.589 bits per heavy atom. The Bertz CT molecular complexity index is 2410. The maximum atomic E-state index is 10.6. The van der Waals surface area contributed by atoms with Crippen molar-refractivity contribution in [1.82, 2.24) is 0 Å². The molecule has 12 nitrogen and oxygen atoms in total. The van der Waals surface area contributed by atoms with Crippen LogP contribution in [0.2, 0.25) is 0 Å². The van der Waals surface area contributed by atoms with E-state index in [-0.39, 0.29) is 46.0 Å². The number of phenolic OH excluding ortho intramolecular Hbond substituents is 8. The van der Waals surface area contributed by atoms with Crippen LogP contribution in [-0.2, 0) is 0 Å². The molecule has 8 N–H and O–H groups in total. The molecule has 5 heterocycles. The highest BCUT2D eigenvalue weighted by Gasteiger charge is 2.28. The first kappa shape index (κ1) is 33.7. The Balaban J connectivity index is 1.40. The Kier molecular flexibility index (Phi) is 7.69. The van der Waals surface area contributed by atoms with Gasteiger partial charge in [0.2, 0.25) is 0 Å². The van der Waals surface area contributed by atoms with E-state index in [0.717, 1.165) is 0 Å². The Hall–Kier alpha value is -8.12. The van der Waals surface area contributed by atoms with Gasteiger partial charge in [0.15, 0.2) is 0 Å². The van der Waals surface area contributed by atoms with Crippen LogP contribution in [0.4, 0.5) is 0 Å². The summed E-state index contributed by atoms with van der Waals surface area (Å²) in [5.41, 5.74) is 6.43. The van der Waals surface area contributed by atoms with Crippen molar-refractivity contribution < 1.29 is 40.9 Å². The van der Waals surface area contributed by atoms with Crippen molar-refractivity contribution in [3.63, 3.8) is 0 Å². The molecule has 56 heavy (non-hydrogen) atoms. The number of fused-ring (bicyclic) bond motifs is 4. The first-order valence-corrected chi connectivity index (χ1v) is 17.1. The summed E-state index contributed by atoms with van der Waals surface area (Å²) >= 11 is 0. The molecule has 4 aromatic rings. The van der Waals surface area contributed by atoms with Gasteiger partial charge in [-0.05, 0) is 119 Å². The van der Waals surface area contributed by atoms with Crippen LogP contribution in [0.25, 0.3) is 22.3 Å². The van der Waals surface area contributed by atoms with E-state index in [0.29, 0.717) is 90.2 Å². The van der Waals surface area contributed by atoms with Gasteiger partial charge in [-0.3, -0.25) is 0 Å². The van der Waals surface area contributed by atoms with Crippen molar-refractivity contribution in [3.05, 3.63) is 166 Å². The highest BCUT2D eigenvalue weighted by Crippen LogP contribution is 2.41. The van der Waals surface area contributed by atoms with Gasteiger partial charge in [-0.1, -0.05) is 0 Å². The summed E-state index contributed by atoms with van der Waals surface area (Å²) in [7, 11) is 0. The van der Waals surface area contributed by atoms with E-state index in [4.69, 9.17) is 20.0 Å². The van der Waals surface area contributed by atoms with Crippen LogP contribution >= 0.6 is 0 Å². The van der Waals surface area contributed by atoms with Crippen molar-refractivity contribution in [2.24, 2.45) is 20.0 Å². The predicted octanol–water partition coefficient (Wildman–Crippen LogP) is 7.33. The van der Waals surface area contributed by atoms with Gasteiger partial charge in [-0.25, -0.2) is 20.0 Å². The average Bonchev–Trinajstić information content (AvgIpc) is 3.94. The molecule has 0 aliphatic carbocycles. The molecule has 4 aromatic carbocycles. The molecule has 8 bridgehead atoms. The average molecular weight is 741 g/mol. The molecule has 0 atom stereocenters. The molecule has 0 amide bonds. The van der Waals surface area contributed by atoms with Crippen LogP contribution in [0.1, 0.15) is 22.3 Å². The van der Waals surface area contributed by atoms with E-state index in [1.54, 1.807) is 48.6 Å². The van der Waals surface area contributed by atoms with Gasteiger partial charge in [0.25, 0.3) is 0 Å². The fraction of sp³-hybridized carbons (Fsp3) is 0. The van der Waals surface area contributed by atoms with Crippen LogP contribution in [0.3, 0.4) is 0 Å². The van der Waals surface area contributed by atoms with Crippen molar-refractivity contribution in [3.8, 4) is 46.0 Å². The molecule has 0 unspecified atom stereocenters. The maximum Gasteiger partial charge on any atom is 0.119 e. The number of allylic oxidation sites excluding steroid dienone is 12. The third-order valence-corrected chi connectivity index (χ3v) is 9.37. The zero-order chi connectivity index (χ0) is 38.8. The minimum Gasteiger partial charge on any atom is -0.508 e. The molecule has 272 valence electrons. The van der Waals surface area contributed by atoms with Crippen LogP contribution in [0.15, 0.2) is 164 Å². The van der Waals surface area contributed by atoms with E-state index in [1.165, 1.54) is 72.8 Å². The molecule has 0 saturated carbocycles. The van der Waals surface area contributed by atoms with E-state index in [9.17, 15) is 40.9 Å². The predicted molar refractivity (Wildman–Crippen MR) is 213 cm³/mol. The summed E-state index contributed by atoms with van der Waals surface area (Å²) in [5.74, 6) is -1.58. The number of hydrogen-bond acceptors (Lipinski definition) is 12. The van der Waals surface area contributed by atoms with Gasteiger partial charge in [0, 0.05) is 46.6 Å². The molecule has 0 spiro atoms. The maximum absolute atomic E-state index is 10.6. The highest BCUT2D eigenvalue weighted by molar-refractivity contribution is 6.39. The zero-order valence-electron chi connectivity index (χ0n) is 28.9. The van der Waals surface area contributed by atoms with E-state index in [2.05, 4.69) is 0 Å². The Morgan fingerprint density at radius 1 is 0.232 bits per heavy atom. The fourth-order valence-electron chi connectivity index (χ4n) is 7.23. The largest absolute Gasteiger partial charge is 0.508 e. The van der Waals surface area contributed by atoms with Crippen molar-refractivity contribution >= 4 is 45.1 Å². The van der Waals surface area contributed by atoms with Gasteiger partial charge in [0.1, 0.15) is 46.0 Å². The number of hydrogen-bond donors (Lipinski definition) is 8. The number of nitrogens with zero attached hydrogens (tertiary/aromatic N) is 4. The third-order valence-electron chi connectivity index (χ3n) is 9.37. The lowest BCUT2D eigenvalue weighted by atomic mass is 9.98. The summed E-state index contributed by atoms with van der Waals surface area (Å²) in [6.07, 6.45) is 13.9. The topological polar surface area (TPSA) is 211 Å². The van der Waals surface area contributed by atoms with Crippen molar-refractivity contribution in [2.45, 2.75) is 0 Å². The second-order valence-corrected chi connectivity index (χ2v) is 13.3. The molecule has 12 heteroatoms. The third kappa shape index (κ3) is 6.02. The van der Waals surface area contributed by atoms with Crippen LogP contribution in [0.5, 0.6) is 46.0 Å². The lowest BCUT2D eigenvalue weighted by Crippen LogP contribution is -2.04. The van der Waals surface area contributed by atoms with E-state index in [1.807, 2.05) is 0 Å². The van der Waals surface area contributed by atoms with Gasteiger partial charge < -0.3 is 40.9 Å². The standard InChI is InChI=1S/C44H28N4O8/c49-25-9-21(10-26(50)17-25)41-33-1-2-34(45-33)42(22-11-27(51)18-28(52)12-22)36-5-6-38(47-36)44(24-15-31(55)20-32(56)16-24)40-8-7-39(48-40)43(37-4-3-35(41)46-37)23-13-29(53)19-30(54)14-23/h1-20,49-56H. The highest BCUT2D eigenvalue weighted by atomic mass is 16.3. The zero-order valence-corrected chi connectivity index (χ0v) is 28.9. The van der Waals surface area contributed by atoms with Gasteiger partial charge >= 0.3 is 0 Å². The number of aromatic hydroxyl groups is 8. The lowest BCUT2D eigenvalue weighted by molar-refractivity contribution is 0.449. The molecule has 0 saturated heterocycles. The number of rotatable bonds is 4. The van der Waals surface area contributed by atoms with E-state index < -0.39 is 0 Å². The van der Waals surface area contributed by atoms with Crippen molar-refractivity contribution in [2.75, 3.05) is 0 Å². The fourth-order valence-corrected chi connectivity index (χ4v) is 7.23. The summed E-state index contributed by atoms with van der Waals surface area (Å²) in [5, 5.41) is 84.6. The Morgan fingerprint density at radius 2 is 0.411 bits per heavy atom. The molecular weight excluding hydrogens is 713 g/mol. The molecular formula is C44H28N4O8. The van der Waals surface area contributed by atoms with E-state index >= 15 is 0 Å². The minimum atomic E-state index is -0.197. The second-order valence-electron chi connectivity index (χ2n) is 13.3. The SMILES string of the molecule is Oc1cc(O)cc(C2=C3C=CC(=N3)C(c3cc(O)cc(O)c3)=C3C=CC(=N3)C(c3cc(O)cc(O)c3)=C3C=CC(=N3)C(c3cc(O)cc(O)c3)=C3C=CC2=N3)c1. The van der Waals surface area contributed by atoms with Gasteiger partial charge in [-0.15, -0.1) is 0 Å². The summed E-state index contributed by atoms with van der Waals surface area (Å²) in [6, 6.07) is 16.6.